The molecule has 0 heterocycles. The Kier molecular flexibility index (Phi) is 4.07. The van der Waals surface area contributed by atoms with Crippen LogP contribution in [0.4, 0.5) is 16.2 Å². The molecule has 0 aromatic heterocycles. The zero-order valence-corrected chi connectivity index (χ0v) is 10.8. The van der Waals surface area contributed by atoms with E-state index in [1.165, 1.54) is 25.7 Å². The standard InChI is InChI=1S/C14H21N3O/c1-10(11-5-2-3-6-11)16-12-7-4-8-13(9-12)17-14(15)18/h4,7-11,16H,2-3,5-6H2,1H3,(H3,15,17,18). The number of nitrogens with two attached hydrogens (primary N) is 1. The maximum Gasteiger partial charge on any atom is 0.316 e. The summed E-state index contributed by atoms with van der Waals surface area (Å²) in [5, 5.41) is 6.09. The molecule has 0 radical (unpaired) electrons. The fourth-order valence-electron chi connectivity index (χ4n) is 2.67. The van der Waals surface area contributed by atoms with Gasteiger partial charge in [0.2, 0.25) is 0 Å². The zero-order chi connectivity index (χ0) is 13.0. The number of urea groups is 1. The molecule has 1 aromatic carbocycles. The minimum absolute atomic E-state index is 0.469. The highest BCUT2D eigenvalue weighted by Crippen LogP contribution is 2.29. The molecule has 1 unspecified atom stereocenters. The molecule has 1 aliphatic carbocycles. The van der Waals surface area contributed by atoms with Crippen molar-refractivity contribution in [3.05, 3.63) is 24.3 Å². The van der Waals surface area contributed by atoms with Crippen LogP contribution < -0.4 is 16.4 Å². The lowest BCUT2D eigenvalue weighted by atomic mass is 9.99. The number of hydrogen-bond acceptors (Lipinski definition) is 2. The highest BCUT2D eigenvalue weighted by molar-refractivity contribution is 5.88. The molecule has 1 aliphatic rings. The summed E-state index contributed by atoms with van der Waals surface area (Å²) in [5.74, 6) is 0.762. The van der Waals surface area contributed by atoms with Gasteiger partial charge in [-0.2, -0.15) is 0 Å². The van der Waals surface area contributed by atoms with Gasteiger partial charge in [0, 0.05) is 17.4 Å². The first-order valence-electron chi connectivity index (χ1n) is 6.58. The van der Waals surface area contributed by atoms with Crippen LogP contribution in [0.1, 0.15) is 32.6 Å². The van der Waals surface area contributed by atoms with E-state index >= 15 is 0 Å². The maximum atomic E-state index is 10.8. The van der Waals surface area contributed by atoms with Crippen molar-refractivity contribution in [3.63, 3.8) is 0 Å². The second-order valence-electron chi connectivity index (χ2n) is 5.05. The minimum atomic E-state index is -0.531. The lowest BCUT2D eigenvalue weighted by Crippen LogP contribution is -2.24. The molecule has 1 aromatic rings. The van der Waals surface area contributed by atoms with E-state index in [1.54, 1.807) is 0 Å². The van der Waals surface area contributed by atoms with Crippen LogP contribution in [0.25, 0.3) is 0 Å². The first-order valence-corrected chi connectivity index (χ1v) is 6.58. The Hall–Kier alpha value is -1.71. The Morgan fingerprint density at radius 1 is 1.33 bits per heavy atom. The van der Waals surface area contributed by atoms with Crippen LogP contribution in [0.15, 0.2) is 24.3 Å². The molecule has 4 nitrogen and oxygen atoms in total. The first-order chi connectivity index (χ1) is 8.65. The number of anilines is 2. The van der Waals surface area contributed by atoms with Crippen LogP contribution in [0.5, 0.6) is 0 Å². The number of carbonyl (C=O) groups excluding carboxylic acids is 1. The minimum Gasteiger partial charge on any atom is -0.382 e. The SMILES string of the molecule is CC(Nc1cccc(NC(N)=O)c1)C1CCCC1. The largest absolute Gasteiger partial charge is 0.382 e. The van der Waals surface area contributed by atoms with E-state index in [2.05, 4.69) is 17.6 Å². The molecule has 0 saturated heterocycles. The predicted molar refractivity (Wildman–Crippen MR) is 74.7 cm³/mol. The molecule has 0 aliphatic heterocycles. The Morgan fingerprint density at radius 2 is 2.00 bits per heavy atom. The van der Waals surface area contributed by atoms with Crippen molar-refractivity contribution in [1.82, 2.24) is 0 Å². The third-order valence-electron chi connectivity index (χ3n) is 3.63. The van der Waals surface area contributed by atoms with Gasteiger partial charge >= 0.3 is 6.03 Å². The molecule has 2 amide bonds. The van der Waals surface area contributed by atoms with Crippen LogP contribution >= 0.6 is 0 Å². The summed E-state index contributed by atoms with van der Waals surface area (Å²) in [6.07, 6.45) is 5.32. The molecule has 1 fully saturated rings. The molecular formula is C14H21N3O. The Bertz CT molecular complexity index is 413. The normalized spacial score (nSPS) is 17.4. The number of carbonyl (C=O) groups is 1. The van der Waals surface area contributed by atoms with Crippen molar-refractivity contribution in [1.29, 1.82) is 0 Å². The van der Waals surface area contributed by atoms with Gasteiger partial charge in [0.1, 0.15) is 0 Å². The number of amides is 2. The third kappa shape index (κ3) is 3.39. The summed E-state index contributed by atoms with van der Waals surface area (Å²) in [5.41, 5.74) is 6.86. The van der Waals surface area contributed by atoms with Crippen molar-refractivity contribution >= 4 is 17.4 Å². The average molecular weight is 247 g/mol. The summed E-state index contributed by atoms with van der Waals surface area (Å²) in [6.45, 7) is 2.23. The van der Waals surface area contributed by atoms with Gasteiger partial charge in [-0.3, -0.25) is 0 Å². The van der Waals surface area contributed by atoms with Crippen molar-refractivity contribution in [2.75, 3.05) is 10.6 Å². The second-order valence-corrected chi connectivity index (χ2v) is 5.05. The number of hydrogen-bond donors (Lipinski definition) is 3. The van der Waals surface area contributed by atoms with Crippen molar-refractivity contribution in [3.8, 4) is 0 Å². The monoisotopic (exact) mass is 247 g/mol. The first kappa shape index (κ1) is 12.7. The number of rotatable bonds is 4. The van der Waals surface area contributed by atoms with Crippen LogP contribution in [0, 0.1) is 5.92 Å². The summed E-state index contributed by atoms with van der Waals surface area (Å²) < 4.78 is 0. The van der Waals surface area contributed by atoms with Crippen molar-refractivity contribution in [2.24, 2.45) is 11.7 Å². The smallest absolute Gasteiger partial charge is 0.316 e. The topological polar surface area (TPSA) is 67.2 Å². The van der Waals surface area contributed by atoms with Gasteiger partial charge in [0.15, 0.2) is 0 Å². The maximum absolute atomic E-state index is 10.8. The average Bonchev–Trinajstić information content (AvgIpc) is 2.81. The van der Waals surface area contributed by atoms with E-state index in [4.69, 9.17) is 5.73 Å². The number of nitrogens with one attached hydrogen (secondary N) is 2. The fraction of sp³-hybridized carbons (Fsp3) is 0.500. The molecule has 1 atom stereocenters. The van der Waals surface area contributed by atoms with Gasteiger partial charge in [0.05, 0.1) is 0 Å². The number of primary amides is 1. The summed E-state index contributed by atoms with van der Waals surface area (Å²) in [6, 6.07) is 7.60. The van der Waals surface area contributed by atoms with E-state index in [1.807, 2.05) is 24.3 Å². The third-order valence-corrected chi connectivity index (χ3v) is 3.63. The Morgan fingerprint density at radius 3 is 2.67 bits per heavy atom. The summed E-state index contributed by atoms with van der Waals surface area (Å²) in [4.78, 5) is 10.8. The highest BCUT2D eigenvalue weighted by atomic mass is 16.2. The van der Waals surface area contributed by atoms with E-state index in [0.29, 0.717) is 6.04 Å². The Labute approximate surface area is 108 Å². The second kappa shape index (κ2) is 5.76. The van der Waals surface area contributed by atoms with E-state index < -0.39 is 6.03 Å². The van der Waals surface area contributed by atoms with Gasteiger partial charge in [0.25, 0.3) is 0 Å². The zero-order valence-electron chi connectivity index (χ0n) is 10.8. The van der Waals surface area contributed by atoms with E-state index in [-0.39, 0.29) is 0 Å². The molecule has 0 spiro atoms. The van der Waals surface area contributed by atoms with Gasteiger partial charge in [-0.05, 0) is 43.9 Å². The van der Waals surface area contributed by atoms with Crippen molar-refractivity contribution in [2.45, 2.75) is 38.6 Å². The predicted octanol–water partition coefficient (Wildman–Crippen LogP) is 3.17. The van der Waals surface area contributed by atoms with Gasteiger partial charge in [-0.25, -0.2) is 4.79 Å². The quantitative estimate of drug-likeness (QED) is 0.765. The number of benzene rings is 1. The molecule has 18 heavy (non-hydrogen) atoms. The molecule has 98 valence electrons. The molecular weight excluding hydrogens is 226 g/mol. The van der Waals surface area contributed by atoms with Crippen LogP contribution in [0.3, 0.4) is 0 Å². The van der Waals surface area contributed by atoms with Crippen LogP contribution in [0.2, 0.25) is 0 Å². The molecule has 4 N–H and O–H groups in total. The Balaban J connectivity index is 1.97. The molecule has 1 saturated carbocycles. The molecule has 2 rings (SSSR count). The molecule has 4 heteroatoms. The van der Waals surface area contributed by atoms with Gasteiger partial charge in [-0.15, -0.1) is 0 Å². The van der Waals surface area contributed by atoms with Crippen molar-refractivity contribution < 1.29 is 4.79 Å². The van der Waals surface area contributed by atoms with Gasteiger partial charge in [-0.1, -0.05) is 18.9 Å². The summed E-state index contributed by atoms with van der Waals surface area (Å²) in [7, 11) is 0. The fourth-order valence-corrected chi connectivity index (χ4v) is 2.67. The van der Waals surface area contributed by atoms with E-state index in [0.717, 1.165) is 17.3 Å². The molecule has 0 bridgehead atoms. The van der Waals surface area contributed by atoms with Gasteiger partial charge < -0.3 is 16.4 Å². The van der Waals surface area contributed by atoms with Crippen LogP contribution in [-0.4, -0.2) is 12.1 Å². The lowest BCUT2D eigenvalue weighted by molar-refractivity contribution is 0.259. The highest BCUT2D eigenvalue weighted by Gasteiger charge is 2.21. The lowest BCUT2D eigenvalue weighted by Gasteiger charge is -2.21. The van der Waals surface area contributed by atoms with E-state index in [9.17, 15) is 4.79 Å². The van der Waals surface area contributed by atoms with Crippen LogP contribution in [-0.2, 0) is 0 Å². The summed E-state index contributed by atoms with van der Waals surface area (Å²) >= 11 is 0.